The van der Waals surface area contributed by atoms with Crippen molar-refractivity contribution < 1.29 is 22.8 Å². The van der Waals surface area contributed by atoms with Gasteiger partial charge in [0.1, 0.15) is 11.6 Å². The van der Waals surface area contributed by atoms with E-state index < -0.39 is 35.4 Å². The third-order valence-electron chi connectivity index (χ3n) is 6.41. The second kappa shape index (κ2) is 9.88. The molecule has 1 aromatic carbocycles. The molecule has 2 saturated heterocycles. The molecule has 2 aromatic rings. The highest BCUT2D eigenvalue weighted by Crippen LogP contribution is 2.30. The Morgan fingerprint density at radius 1 is 1.03 bits per heavy atom. The van der Waals surface area contributed by atoms with Crippen molar-refractivity contribution in [1.82, 2.24) is 24.8 Å². The molecular formula is C24H21F3N8O2. The summed E-state index contributed by atoms with van der Waals surface area (Å²) in [4.78, 5) is 38.6. The number of anilines is 1. The van der Waals surface area contributed by atoms with Crippen LogP contribution in [-0.4, -0.2) is 82.2 Å². The number of nitrogens with zero attached hydrogens (tertiary/aromatic N) is 8. The number of urea groups is 1. The summed E-state index contributed by atoms with van der Waals surface area (Å²) in [7, 11) is 0. The van der Waals surface area contributed by atoms with Crippen LogP contribution in [0.3, 0.4) is 0 Å². The zero-order chi connectivity index (χ0) is 26.1. The Bertz CT molecular complexity index is 1320. The molecule has 0 bridgehead atoms. The van der Waals surface area contributed by atoms with Crippen molar-refractivity contribution in [2.75, 3.05) is 44.2 Å². The lowest BCUT2D eigenvalue weighted by atomic mass is 10.0. The molecule has 0 N–H and O–H groups in total. The molecule has 0 radical (unpaired) electrons. The van der Waals surface area contributed by atoms with Gasteiger partial charge in [0.2, 0.25) is 5.95 Å². The summed E-state index contributed by atoms with van der Waals surface area (Å²) in [6, 6.07) is 4.03. The van der Waals surface area contributed by atoms with Gasteiger partial charge in [-0.05, 0) is 23.3 Å². The van der Waals surface area contributed by atoms with Crippen LogP contribution in [0.15, 0.2) is 41.1 Å². The van der Waals surface area contributed by atoms with E-state index in [-0.39, 0.29) is 37.8 Å². The van der Waals surface area contributed by atoms with E-state index in [4.69, 9.17) is 5.26 Å². The predicted molar refractivity (Wildman–Crippen MR) is 125 cm³/mol. The first-order valence-corrected chi connectivity index (χ1v) is 11.5. The maximum absolute atomic E-state index is 14.3. The van der Waals surface area contributed by atoms with E-state index in [1.165, 1.54) is 34.3 Å². The number of likely N-dealkylation sites (tertiary alicyclic amines) is 1. The van der Waals surface area contributed by atoms with E-state index in [9.17, 15) is 22.8 Å². The Morgan fingerprint density at radius 3 is 2.41 bits per heavy atom. The molecule has 10 nitrogen and oxygen atoms in total. The van der Waals surface area contributed by atoms with Crippen LogP contribution in [0.1, 0.15) is 28.5 Å². The number of rotatable bonds is 3. The molecule has 1 atom stereocenters. The number of aromatic nitrogens is 2. The van der Waals surface area contributed by atoms with E-state index in [2.05, 4.69) is 15.1 Å². The molecule has 0 saturated carbocycles. The number of hydrogen-bond acceptors (Lipinski definition) is 7. The summed E-state index contributed by atoms with van der Waals surface area (Å²) in [6.45, 7) is 1.67. The number of carbonyl (C=O) groups is 2. The lowest BCUT2D eigenvalue weighted by Gasteiger charge is -2.37. The number of piperazine rings is 1. The number of carbonyl (C=O) groups excluding carboxylic acids is 2. The maximum Gasteiger partial charge on any atom is 0.341 e. The first-order chi connectivity index (χ1) is 17.8. The van der Waals surface area contributed by atoms with E-state index in [0.717, 1.165) is 17.8 Å². The standard InChI is InChI=1S/C24H21F3N8O2/c25-17-9-16(10-18(26)11-17)20-2-4-30-35(20)24(37)33-7-5-32(6-8-33)23-29-12-19(27)21(31-23)22(36)34-13-15(14-34)1-3-28/h1,4,9-12,20H,2,5-8,13-14H2. The van der Waals surface area contributed by atoms with Crippen molar-refractivity contribution in [2.45, 2.75) is 12.5 Å². The van der Waals surface area contributed by atoms with Crippen molar-refractivity contribution in [2.24, 2.45) is 5.10 Å². The van der Waals surface area contributed by atoms with Crippen LogP contribution in [0, 0.1) is 28.8 Å². The van der Waals surface area contributed by atoms with Crippen molar-refractivity contribution in [1.29, 1.82) is 5.26 Å². The fourth-order valence-electron chi connectivity index (χ4n) is 4.47. The Morgan fingerprint density at radius 2 is 1.73 bits per heavy atom. The van der Waals surface area contributed by atoms with Gasteiger partial charge >= 0.3 is 6.03 Å². The fourth-order valence-corrected chi connectivity index (χ4v) is 4.47. The SMILES string of the molecule is N#CC=C1CN(C(=O)c2nc(N3CCN(C(=O)N4N=CCC4c4cc(F)cc(F)c4)CC3)ncc2F)C1. The highest BCUT2D eigenvalue weighted by molar-refractivity contribution is 5.94. The van der Waals surface area contributed by atoms with Crippen molar-refractivity contribution in [3.63, 3.8) is 0 Å². The lowest BCUT2D eigenvalue weighted by Crippen LogP contribution is -2.52. The molecule has 5 rings (SSSR count). The van der Waals surface area contributed by atoms with Crippen LogP contribution in [0.4, 0.5) is 23.9 Å². The Kier molecular flexibility index (Phi) is 6.47. The van der Waals surface area contributed by atoms with Gasteiger partial charge in [0, 0.05) is 64.0 Å². The minimum atomic E-state index is -0.841. The number of benzene rings is 1. The molecular weight excluding hydrogens is 489 g/mol. The summed E-state index contributed by atoms with van der Waals surface area (Å²) in [5, 5.41) is 14.0. The largest absolute Gasteiger partial charge is 0.341 e. The van der Waals surface area contributed by atoms with Gasteiger partial charge in [-0.25, -0.2) is 32.9 Å². The number of halogens is 3. The van der Waals surface area contributed by atoms with Gasteiger partial charge in [-0.15, -0.1) is 0 Å². The smallest absolute Gasteiger partial charge is 0.337 e. The maximum atomic E-state index is 14.3. The summed E-state index contributed by atoms with van der Waals surface area (Å²) in [5.74, 6) is -2.72. The summed E-state index contributed by atoms with van der Waals surface area (Å²) in [5.41, 5.74) is 0.742. The van der Waals surface area contributed by atoms with Gasteiger partial charge in [0.05, 0.1) is 18.3 Å². The summed E-state index contributed by atoms with van der Waals surface area (Å²) < 4.78 is 41.8. The van der Waals surface area contributed by atoms with Gasteiger partial charge in [0.25, 0.3) is 5.91 Å². The second-order valence-electron chi connectivity index (χ2n) is 8.81. The van der Waals surface area contributed by atoms with E-state index in [1.54, 1.807) is 9.80 Å². The van der Waals surface area contributed by atoms with Crippen LogP contribution in [-0.2, 0) is 0 Å². The third kappa shape index (κ3) is 4.82. The Balaban J connectivity index is 1.23. The Hall–Kier alpha value is -4.47. The number of hydrazone groups is 1. The van der Waals surface area contributed by atoms with E-state index in [0.29, 0.717) is 25.1 Å². The fraction of sp³-hybridized carbons (Fsp3) is 0.333. The van der Waals surface area contributed by atoms with Gasteiger partial charge in [-0.2, -0.15) is 10.4 Å². The average molecular weight is 510 g/mol. The molecule has 0 spiro atoms. The summed E-state index contributed by atoms with van der Waals surface area (Å²) in [6.07, 6.45) is 4.17. The molecule has 190 valence electrons. The minimum absolute atomic E-state index is 0.164. The van der Waals surface area contributed by atoms with Crippen LogP contribution in [0.2, 0.25) is 0 Å². The minimum Gasteiger partial charge on any atom is -0.337 e. The monoisotopic (exact) mass is 510 g/mol. The molecule has 2 fully saturated rings. The van der Waals surface area contributed by atoms with E-state index in [1.807, 2.05) is 6.07 Å². The van der Waals surface area contributed by atoms with Crippen LogP contribution >= 0.6 is 0 Å². The topological polar surface area (TPSA) is 109 Å². The van der Waals surface area contributed by atoms with Crippen molar-refractivity contribution in [3.8, 4) is 6.07 Å². The molecule has 13 heteroatoms. The number of hydrogen-bond donors (Lipinski definition) is 0. The number of amides is 3. The van der Waals surface area contributed by atoms with Gasteiger partial charge in [-0.1, -0.05) is 0 Å². The lowest BCUT2D eigenvalue weighted by molar-refractivity contribution is 0.0715. The predicted octanol–water partition coefficient (Wildman–Crippen LogP) is 2.47. The number of allylic oxidation sites excluding steroid dienone is 1. The zero-order valence-corrected chi connectivity index (χ0v) is 19.5. The average Bonchev–Trinajstić information content (AvgIpc) is 3.35. The zero-order valence-electron chi connectivity index (χ0n) is 19.5. The molecule has 4 heterocycles. The van der Waals surface area contributed by atoms with Crippen LogP contribution < -0.4 is 4.90 Å². The highest BCUT2D eigenvalue weighted by atomic mass is 19.1. The highest BCUT2D eigenvalue weighted by Gasteiger charge is 2.34. The first kappa shape index (κ1) is 24.2. The number of nitriles is 1. The van der Waals surface area contributed by atoms with Crippen molar-refractivity contribution >= 4 is 24.1 Å². The van der Waals surface area contributed by atoms with Gasteiger partial charge in [0.15, 0.2) is 11.5 Å². The third-order valence-corrected chi connectivity index (χ3v) is 6.41. The molecule has 3 amide bonds. The second-order valence-corrected chi connectivity index (χ2v) is 8.81. The van der Waals surface area contributed by atoms with Gasteiger partial charge in [-0.3, -0.25) is 4.79 Å². The van der Waals surface area contributed by atoms with Gasteiger partial charge < -0.3 is 14.7 Å². The molecule has 0 aliphatic carbocycles. The van der Waals surface area contributed by atoms with E-state index >= 15 is 0 Å². The molecule has 37 heavy (non-hydrogen) atoms. The quantitative estimate of drug-likeness (QED) is 0.587. The summed E-state index contributed by atoms with van der Waals surface area (Å²) >= 11 is 0. The molecule has 3 aliphatic rings. The van der Waals surface area contributed by atoms with Crippen molar-refractivity contribution in [3.05, 3.63) is 64.8 Å². The normalized spacial score (nSPS) is 19.1. The molecule has 3 aliphatic heterocycles. The Labute approximate surface area is 209 Å². The van der Waals surface area contributed by atoms with Crippen LogP contribution in [0.25, 0.3) is 0 Å². The molecule has 1 aromatic heterocycles. The van der Waals surface area contributed by atoms with Crippen LogP contribution in [0.5, 0.6) is 0 Å². The first-order valence-electron chi connectivity index (χ1n) is 11.5. The molecule has 1 unspecified atom stereocenters.